The highest BCUT2D eigenvalue weighted by Crippen LogP contribution is 2.30. The first-order valence-electron chi connectivity index (χ1n) is 8.19. The molecule has 3 heteroatoms. The van der Waals surface area contributed by atoms with Crippen LogP contribution in [0.4, 0.5) is 5.69 Å². The minimum Gasteiger partial charge on any atom is -0.494 e. The summed E-state index contributed by atoms with van der Waals surface area (Å²) in [7, 11) is 0. The van der Waals surface area contributed by atoms with Crippen LogP contribution in [-0.2, 0) is 5.41 Å². The number of para-hydroxylation sites is 1. The fraction of sp³-hybridized carbons (Fsp3) is 0.400. The zero-order chi connectivity index (χ0) is 16.7. The lowest BCUT2D eigenvalue weighted by Crippen LogP contribution is -2.16. The molecule has 0 radical (unpaired) electrons. The molecular weight excluding hydrogens is 286 g/mol. The minimum atomic E-state index is 0.0792. The third kappa shape index (κ3) is 5.20. The van der Waals surface area contributed by atoms with Gasteiger partial charge < -0.3 is 14.8 Å². The predicted molar refractivity (Wildman–Crippen MR) is 96.7 cm³/mol. The summed E-state index contributed by atoms with van der Waals surface area (Å²) in [6.45, 7) is 10.6. The molecule has 2 aromatic rings. The second kappa shape index (κ2) is 7.91. The van der Waals surface area contributed by atoms with Crippen molar-refractivity contribution in [3.8, 4) is 11.5 Å². The van der Waals surface area contributed by atoms with Crippen LogP contribution in [0.1, 0.15) is 33.3 Å². The number of rotatable bonds is 7. The van der Waals surface area contributed by atoms with E-state index in [-0.39, 0.29) is 5.41 Å². The van der Waals surface area contributed by atoms with Gasteiger partial charge in [-0.3, -0.25) is 0 Å². The monoisotopic (exact) mass is 313 g/mol. The second-order valence-corrected chi connectivity index (χ2v) is 6.48. The molecule has 0 fully saturated rings. The summed E-state index contributed by atoms with van der Waals surface area (Å²) in [5.74, 6) is 1.85. The Bertz CT molecular complexity index is 617. The molecule has 0 aromatic heterocycles. The van der Waals surface area contributed by atoms with Crippen molar-refractivity contribution in [2.24, 2.45) is 0 Å². The molecule has 0 aliphatic rings. The van der Waals surface area contributed by atoms with E-state index in [2.05, 4.69) is 38.2 Å². The number of nitrogens with one attached hydrogen (secondary N) is 1. The van der Waals surface area contributed by atoms with E-state index in [9.17, 15) is 0 Å². The first kappa shape index (κ1) is 17.2. The lowest BCUT2D eigenvalue weighted by Gasteiger charge is -2.22. The molecule has 23 heavy (non-hydrogen) atoms. The average molecular weight is 313 g/mol. The number of hydrogen-bond donors (Lipinski definition) is 1. The number of hydrogen-bond acceptors (Lipinski definition) is 3. The van der Waals surface area contributed by atoms with Gasteiger partial charge in [0.15, 0.2) is 0 Å². The van der Waals surface area contributed by atoms with Crippen LogP contribution in [0.2, 0.25) is 0 Å². The van der Waals surface area contributed by atoms with Crippen LogP contribution in [0.25, 0.3) is 0 Å². The average Bonchev–Trinajstić information content (AvgIpc) is 2.52. The van der Waals surface area contributed by atoms with Gasteiger partial charge in [0, 0.05) is 18.3 Å². The molecule has 0 aliphatic carbocycles. The van der Waals surface area contributed by atoms with Crippen molar-refractivity contribution in [2.75, 3.05) is 25.1 Å². The summed E-state index contributed by atoms with van der Waals surface area (Å²) in [4.78, 5) is 0. The largest absolute Gasteiger partial charge is 0.494 e. The van der Waals surface area contributed by atoms with E-state index >= 15 is 0 Å². The molecule has 0 heterocycles. The van der Waals surface area contributed by atoms with E-state index < -0.39 is 0 Å². The van der Waals surface area contributed by atoms with Crippen molar-refractivity contribution in [3.63, 3.8) is 0 Å². The molecular formula is C20H27NO2. The Morgan fingerprint density at radius 1 is 0.957 bits per heavy atom. The Morgan fingerprint density at radius 2 is 1.74 bits per heavy atom. The molecule has 0 amide bonds. The van der Waals surface area contributed by atoms with E-state index in [4.69, 9.17) is 9.47 Å². The van der Waals surface area contributed by atoms with Gasteiger partial charge in [0.25, 0.3) is 0 Å². The Morgan fingerprint density at radius 3 is 2.48 bits per heavy atom. The first-order valence-corrected chi connectivity index (χ1v) is 8.19. The summed E-state index contributed by atoms with van der Waals surface area (Å²) in [5.41, 5.74) is 2.36. The smallest absolute Gasteiger partial charge is 0.123 e. The number of anilines is 1. The lowest BCUT2D eigenvalue weighted by molar-refractivity contribution is 0.323. The van der Waals surface area contributed by atoms with Crippen molar-refractivity contribution in [3.05, 3.63) is 54.1 Å². The van der Waals surface area contributed by atoms with Crippen molar-refractivity contribution in [2.45, 2.75) is 33.1 Å². The summed E-state index contributed by atoms with van der Waals surface area (Å²) in [6, 6.07) is 16.2. The topological polar surface area (TPSA) is 30.5 Å². The molecule has 0 aliphatic heterocycles. The molecule has 0 saturated carbocycles. The quantitative estimate of drug-likeness (QED) is 0.739. The third-order valence-electron chi connectivity index (χ3n) is 3.53. The van der Waals surface area contributed by atoms with Crippen LogP contribution in [-0.4, -0.2) is 19.8 Å². The van der Waals surface area contributed by atoms with Gasteiger partial charge >= 0.3 is 0 Å². The maximum absolute atomic E-state index is 5.97. The normalized spacial score (nSPS) is 11.1. The molecule has 3 nitrogen and oxygen atoms in total. The zero-order valence-corrected chi connectivity index (χ0v) is 14.6. The molecule has 0 unspecified atom stereocenters. The van der Waals surface area contributed by atoms with Crippen LogP contribution in [0.15, 0.2) is 48.5 Å². The van der Waals surface area contributed by atoms with Crippen LogP contribution in [0.5, 0.6) is 11.5 Å². The highest BCUT2D eigenvalue weighted by molar-refractivity contribution is 5.48. The van der Waals surface area contributed by atoms with Gasteiger partial charge in [-0.15, -0.1) is 0 Å². The fourth-order valence-corrected chi connectivity index (χ4v) is 2.43. The van der Waals surface area contributed by atoms with Crippen LogP contribution in [0, 0.1) is 0 Å². The Labute approximate surface area is 139 Å². The van der Waals surface area contributed by atoms with Crippen LogP contribution >= 0.6 is 0 Å². The molecule has 124 valence electrons. The van der Waals surface area contributed by atoms with Crippen LogP contribution in [0.3, 0.4) is 0 Å². The van der Waals surface area contributed by atoms with Gasteiger partial charge in [-0.1, -0.05) is 45.0 Å². The molecule has 2 rings (SSSR count). The Kier molecular flexibility index (Phi) is 5.91. The third-order valence-corrected chi connectivity index (χ3v) is 3.53. The van der Waals surface area contributed by atoms with Crippen molar-refractivity contribution in [1.82, 2.24) is 0 Å². The van der Waals surface area contributed by atoms with Gasteiger partial charge in [0.1, 0.15) is 18.1 Å². The first-order chi connectivity index (χ1) is 11.0. The summed E-state index contributed by atoms with van der Waals surface area (Å²) >= 11 is 0. The second-order valence-electron chi connectivity index (χ2n) is 6.48. The van der Waals surface area contributed by atoms with E-state index in [1.165, 1.54) is 5.56 Å². The van der Waals surface area contributed by atoms with Gasteiger partial charge in [0.05, 0.1) is 6.61 Å². The van der Waals surface area contributed by atoms with Crippen molar-refractivity contribution >= 4 is 5.69 Å². The van der Waals surface area contributed by atoms with Gasteiger partial charge in [-0.05, 0) is 36.1 Å². The zero-order valence-electron chi connectivity index (χ0n) is 14.6. The summed E-state index contributed by atoms with van der Waals surface area (Å²) in [6.07, 6.45) is 0. The van der Waals surface area contributed by atoms with Gasteiger partial charge in [-0.2, -0.15) is 0 Å². The van der Waals surface area contributed by atoms with E-state index in [0.29, 0.717) is 13.2 Å². The summed E-state index contributed by atoms with van der Waals surface area (Å²) in [5, 5.41) is 3.37. The van der Waals surface area contributed by atoms with Gasteiger partial charge in [-0.25, -0.2) is 0 Å². The van der Waals surface area contributed by atoms with E-state index in [1.54, 1.807) is 0 Å². The van der Waals surface area contributed by atoms with Crippen molar-refractivity contribution < 1.29 is 9.47 Å². The maximum Gasteiger partial charge on any atom is 0.123 e. The van der Waals surface area contributed by atoms with E-state index in [0.717, 1.165) is 23.7 Å². The highest BCUT2D eigenvalue weighted by atomic mass is 16.5. The highest BCUT2D eigenvalue weighted by Gasteiger charge is 2.18. The van der Waals surface area contributed by atoms with Crippen molar-refractivity contribution in [1.29, 1.82) is 0 Å². The maximum atomic E-state index is 5.97. The molecule has 2 aromatic carbocycles. The molecule has 0 bridgehead atoms. The molecule has 0 spiro atoms. The fourth-order valence-electron chi connectivity index (χ4n) is 2.43. The standard InChI is InChI=1S/C20H27NO2/c1-5-22-17-10-8-9-16(15-17)21-13-14-23-19-12-7-6-11-18(19)20(2,3)4/h6-12,15,21H,5,13-14H2,1-4H3. The predicted octanol–water partition coefficient (Wildman–Crippen LogP) is 4.87. The Balaban J connectivity index is 1.88. The molecule has 0 saturated heterocycles. The Hall–Kier alpha value is -2.16. The number of ether oxygens (including phenoxy) is 2. The molecule has 1 N–H and O–H groups in total. The minimum absolute atomic E-state index is 0.0792. The van der Waals surface area contributed by atoms with Crippen LogP contribution < -0.4 is 14.8 Å². The molecule has 0 atom stereocenters. The van der Waals surface area contributed by atoms with Gasteiger partial charge in [0.2, 0.25) is 0 Å². The number of benzene rings is 2. The van der Waals surface area contributed by atoms with E-state index in [1.807, 2.05) is 43.3 Å². The summed E-state index contributed by atoms with van der Waals surface area (Å²) < 4.78 is 11.5. The SMILES string of the molecule is CCOc1cccc(NCCOc2ccccc2C(C)(C)C)c1. The lowest BCUT2D eigenvalue weighted by atomic mass is 9.86.